The van der Waals surface area contributed by atoms with E-state index in [-0.39, 0.29) is 11.9 Å². The predicted molar refractivity (Wildman–Crippen MR) is 79.1 cm³/mol. The summed E-state index contributed by atoms with van der Waals surface area (Å²) >= 11 is 0. The molecule has 1 aliphatic carbocycles. The molecule has 2 N–H and O–H groups in total. The molecule has 20 heavy (non-hydrogen) atoms. The van der Waals surface area contributed by atoms with Gasteiger partial charge in [0.2, 0.25) is 5.91 Å². The molecule has 104 valence electrons. The van der Waals surface area contributed by atoms with Crippen molar-refractivity contribution in [2.24, 2.45) is 5.92 Å². The predicted octanol–water partition coefficient (Wildman–Crippen LogP) is 3.10. The zero-order chi connectivity index (χ0) is 13.9. The molecule has 4 heteroatoms. The van der Waals surface area contributed by atoms with Gasteiger partial charge in [-0.2, -0.15) is 0 Å². The van der Waals surface area contributed by atoms with E-state index in [2.05, 4.69) is 27.4 Å². The third-order valence-corrected chi connectivity index (χ3v) is 3.76. The summed E-state index contributed by atoms with van der Waals surface area (Å²) in [4.78, 5) is 19.8. The van der Waals surface area contributed by atoms with Gasteiger partial charge in [0.25, 0.3) is 0 Å². The number of carbonyl (C=O) groups is 1. The van der Waals surface area contributed by atoms with Gasteiger partial charge in [0.1, 0.15) is 5.82 Å². The second kappa shape index (κ2) is 5.49. The zero-order valence-electron chi connectivity index (χ0n) is 11.6. The largest absolute Gasteiger partial charge is 0.346 e. The van der Waals surface area contributed by atoms with Crippen LogP contribution >= 0.6 is 0 Å². The number of hydrogen-bond donors (Lipinski definition) is 2. The number of amides is 1. The SMILES string of the molecule is CC(NC(=O)CC1C=CCC1)c1nc2ccccc2[nH]1. The Kier molecular flexibility index (Phi) is 3.54. The number of rotatable bonds is 4. The first kappa shape index (κ1) is 12.9. The van der Waals surface area contributed by atoms with Crippen LogP contribution in [0.2, 0.25) is 0 Å². The van der Waals surface area contributed by atoms with Crippen molar-refractivity contribution in [3.8, 4) is 0 Å². The molecule has 0 radical (unpaired) electrons. The lowest BCUT2D eigenvalue weighted by Gasteiger charge is -2.13. The number of fused-ring (bicyclic) bond motifs is 1. The fourth-order valence-electron chi connectivity index (χ4n) is 2.65. The highest BCUT2D eigenvalue weighted by Gasteiger charge is 2.17. The quantitative estimate of drug-likeness (QED) is 0.838. The third-order valence-electron chi connectivity index (χ3n) is 3.76. The van der Waals surface area contributed by atoms with E-state index in [4.69, 9.17) is 0 Å². The Morgan fingerprint density at radius 2 is 2.35 bits per heavy atom. The molecule has 2 aromatic rings. The maximum atomic E-state index is 12.0. The summed E-state index contributed by atoms with van der Waals surface area (Å²) in [6, 6.07) is 7.79. The summed E-state index contributed by atoms with van der Waals surface area (Å²) in [6.07, 6.45) is 7.05. The summed E-state index contributed by atoms with van der Waals surface area (Å²) in [6.45, 7) is 1.96. The van der Waals surface area contributed by atoms with E-state index < -0.39 is 0 Å². The molecule has 1 aromatic carbocycles. The van der Waals surface area contributed by atoms with Crippen molar-refractivity contribution in [2.75, 3.05) is 0 Å². The minimum atomic E-state index is -0.0970. The minimum Gasteiger partial charge on any atom is -0.346 e. The van der Waals surface area contributed by atoms with Crippen molar-refractivity contribution in [3.63, 3.8) is 0 Å². The van der Waals surface area contributed by atoms with Crippen LogP contribution in [0.25, 0.3) is 11.0 Å². The average Bonchev–Trinajstić information content (AvgIpc) is 3.06. The Hall–Kier alpha value is -2.10. The van der Waals surface area contributed by atoms with Gasteiger partial charge >= 0.3 is 0 Å². The first-order valence-electron chi connectivity index (χ1n) is 7.13. The maximum Gasteiger partial charge on any atom is 0.221 e. The summed E-state index contributed by atoms with van der Waals surface area (Å²) in [5.41, 5.74) is 1.93. The monoisotopic (exact) mass is 269 g/mol. The molecule has 0 saturated carbocycles. The van der Waals surface area contributed by atoms with Crippen LogP contribution in [-0.2, 0) is 4.79 Å². The van der Waals surface area contributed by atoms with Crippen molar-refractivity contribution >= 4 is 16.9 Å². The lowest BCUT2D eigenvalue weighted by Crippen LogP contribution is -2.28. The first-order valence-corrected chi connectivity index (χ1v) is 7.13. The summed E-state index contributed by atoms with van der Waals surface area (Å²) in [5, 5.41) is 3.02. The number of aromatic amines is 1. The smallest absolute Gasteiger partial charge is 0.221 e. The van der Waals surface area contributed by atoms with Gasteiger partial charge in [-0.3, -0.25) is 4.79 Å². The molecule has 0 spiro atoms. The number of H-pyrrole nitrogens is 1. The van der Waals surface area contributed by atoms with Crippen molar-refractivity contribution in [2.45, 2.75) is 32.2 Å². The second-order valence-electron chi connectivity index (χ2n) is 5.40. The number of aromatic nitrogens is 2. The van der Waals surface area contributed by atoms with Crippen LogP contribution in [0.1, 0.15) is 38.1 Å². The third kappa shape index (κ3) is 2.74. The van der Waals surface area contributed by atoms with Gasteiger partial charge in [-0.25, -0.2) is 4.98 Å². The molecule has 2 unspecified atom stereocenters. The highest BCUT2D eigenvalue weighted by Crippen LogP contribution is 2.21. The zero-order valence-corrected chi connectivity index (χ0v) is 11.6. The topological polar surface area (TPSA) is 57.8 Å². The fourth-order valence-corrected chi connectivity index (χ4v) is 2.65. The molecule has 0 bridgehead atoms. The fraction of sp³-hybridized carbons (Fsp3) is 0.375. The number of imidazole rings is 1. The molecule has 0 saturated heterocycles. The second-order valence-corrected chi connectivity index (χ2v) is 5.40. The Bertz CT molecular complexity index is 611. The first-order chi connectivity index (χ1) is 9.72. The van der Waals surface area contributed by atoms with E-state index in [0.717, 1.165) is 29.7 Å². The molecule has 0 aliphatic heterocycles. The van der Waals surface area contributed by atoms with E-state index in [1.807, 2.05) is 31.2 Å². The van der Waals surface area contributed by atoms with Crippen molar-refractivity contribution in [3.05, 3.63) is 42.2 Å². The van der Waals surface area contributed by atoms with Gasteiger partial charge in [-0.05, 0) is 37.8 Å². The number of para-hydroxylation sites is 2. The van der Waals surface area contributed by atoms with Crippen LogP contribution in [0.4, 0.5) is 0 Å². The Balaban J connectivity index is 1.64. The molecule has 3 rings (SSSR count). The van der Waals surface area contributed by atoms with E-state index in [0.29, 0.717) is 12.3 Å². The number of allylic oxidation sites excluding steroid dienone is 2. The van der Waals surface area contributed by atoms with Crippen LogP contribution in [-0.4, -0.2) is 15.9 Å². The number of benzene rings is 1. The van der Waals surface area contributed by atoms with E-state index in [9.17, 15) is 4.79 Å². The number of nitrogens with one attached hydrogen (secondary N) is 2. The Labute approximate surface area is 118 Å². The molecule has 1 heterocycles. The molecule has 1 amide bonds. The Morgan fingerprint density at radius 3 is 3.10 bits per heavy atom. The number of nitrogens with zero attached hydrogens (tertiary/aromatic N) is 1. The van der Waals surface area contributed by atoms with Gasteiger partial charge < -0.3 is 10.3 Å². The van der Waals surface area contributed by atoms with Crippen LogP contribution in [0.3, 0.4) is 0 Å². The van der Waals surface area contributed by atoms with Crippen molar-refractivity contribution in [1.82, 2.24) is 15.3 Å². The molecule has 2 atom stereocenters. The molecule has 1 aromatic heterocycles. The van der Waals surface area contributed by atoms with E-state index in [1.54, 1.807) is 0 Å². The van der Waals surface area contributed by atoms with Crippen LogP contribution < -0.4 is 5.32 Å². The number of hydrogen-bond acceptors (Lipinski definition) is 2. The van der Waals surface area contributed by atoms with Gasteiger partial charge in [0, 0.05) is 6.42 Å². The van der Waals surface area contributed by atoms with Crippen LogP contribution in [0, 0.1) is 5.92 Å². The molecular weight excluding hydrogens is 250 g/mol. The molecule has 1 aliphatic rings. The highest BCUT2D eigenvalue weighted by molar-refractivity contribution is 5.77. The van der Waals surface area contributed by atoms with Crippen molar-refractivity contribution in [1.29, 1.82) is 0 Å². The lowest BCUT2D eigenvalue weighted by atomic mass is 10.0. The average molecular weight is 269 g/mol. The lowest BCUT2D eigenvalue weighted by molar-refractivity contribution is -0.122. The molecule has 4 nitrogen and oxygen atoms in total. The normalized spacial score (nSPS) is 19.4. The Morgan fingerprint density at radius 1 is 1.50 bits per heavy atom. The van der Waals surface area contributed by atoms with Crippen LogP contribution in [0.5, 0.6) is 0 Å². The van der Waals surface area contributed by atoms with E-state index in [1.165, 1.54) is 0 Å². The van der Waals surface area contributed by atoms with Gasteiger partial charge in [-0.1, -0.05) is 24.3 Å². The summed E-state index contributed by atoms with van der Waals surface area (Å²) in [5.74, 6) is 1.30. The summed E-state index contributed by atoms with van der Waals surface area (Å²) in [7, 11) is 0. The van der Waals surface area contributed by atoms with Gasteiger partial charge in [0.15, 0.2) is 0 Å². The molecular formula is C16H19N3O. The highest BCUT2D eigenvalue weighted by atomic mass is 16.1. The maximum absolute atomic E-state index is 12.0. The van der Waals surface area contributed by atoms with Gasteiger partial charge in [0.05, 0.1) is 17.1 Å². The van der Waals surface area contributed by atoms with Crippen molar-refractivity contribution < 1.29 is 4.79 Å². The van der Waals surface area contributed by atoms with Gasteiger partial charge in [-0.15, -0.1) is 0 Å². The van der Waals surface area contributed by atoms with Crippen LogP contribution in [0.15, 0.2) is 36.4 Å². The minimum absolute atomic E-state index is 0.0921. The number of carbonyl (C=O) groups excluding carboxylic acids is 1. The summed E-state index contributed by atoms with van der Waals surface area (Å²) < 4.78 is 0. The standard InChI is InChI=1S/C16H19N3O/c1-11(17-15(20)10-12-6-2-3-7-12)16-18-13-8-4-5-9-14(13)19-16/h2,4-6,8-9,11-12H,3,7,10H2,1H3,(H,17,20)(H,18,19). The van der Waals surface area contributed by atoms with E-state index >= 15 is 0 Å². The molecule has 0 fully saturated rings.